The second-order valence-corrected chi connectivity index (χ2v) is 7.60. The molecule has 9 heteroatoms. The van der Waals surface area contributed by atoms with E-state index in [1.54, 1.807) is 25.3 Å². The molecule has 0 aromatic heterocycles. The number of benzene rings is 2. The van der Waals surface area contributed by atoms with Crippen LogP contribution in [0.2, 0.25) is 5.02 Å². The minimum atomic E-state index is -3.45. The van der Waals surface area contributed by atoms with Gasteiger partial charge in [0.05, 0.1) is 31.1 Å². The molecule has 2 aromatic carbocycles. The minimum absolute atomic E-state index is 0.167. The number of carbonyl (C=O) groups excluding carboxylic acids is 1. The van der Waals surface area contributed by atoms with E-state index in [1.165, 1.54) is 25.3 Å². The van der Waals surface area contributed by atoms with Gasteiger partial charge in [-0.2, -0.15) is 0 Å². The molecule has 26 heavy (non-hydrogen) atoms. The molecule has 140 valence electrons. The molecule has 7 nitrogen and oxygen atoms in total. The molecule has 0 atom stereocenters. The van der Waals surface area contributed by atoms with Crippen molar-refractivity contribution in [3.63, 3.8) is 0 Å². The number of hydrogen-bond acceptors (Lipinski definition) is 5. The highest BCUT2D eigenvalue weighted by molar-refractivity contribution is 7.92. The van der Waals surface area contributed by atoms with E-state index in [0.717, 1.165) is 11.8 Å². The SMILES string of the molecule is COc1ccc(CNC(=O)c2cc(NS(C)(=O)=O)ccc2Cl)cc1OC. The molecular formula is C17H19ClN2O5S. The fraction of sp³-hybridized carbons (Fsp3) is 0.235. The van der Waals surface area contributed by atoms with Gasteiger partial charge in [-0.05, 0) is 35.9 Å². The molecule has 0 unspecified atom stereocenters. The maximum absolute atomic E-state index is 12.4. The first-order chi connectivity index (χ1) is 12.2. The third-order valence-corrected chi connectivity index (χ3v) is 4.35. The largest absolute Gasteiger partial charge is 0.493 e. The number of halogens is 1. The summed E-state index contributed by atoms with van der Waals surface area (Å²) in [5, 5.41) is 2.95. The number of anilines is 1. The van der Waals surface area contributed by atoms with Gasteiger partial charge in [-0.15, -0.1) is 0 Å². The third kappa shape index (κ3) is 5.27. The summed E-state index contributed by atoms with van der Waals surface area (Å²) in [5.74, 6) is 0.712. The second kappa shape index (κ2) is 8.29. The number of nitrogens with one attached hydrogen (secondary N) is 2. The van der Waals surface area contributed by atoms with Crippen molar-refractivity contribution in [2.45, 2.75) is 6.54 Å². The average Bonchev–Trinajstić information content (AvgIpc) is 2.59. The average molecular weight is 399 g/mol. The molecule has 0 spiro atoms. The van der Waals surface area contributed by atoms with Gasteiger partial charge in [0.2, 0.25) is 10.0 Å². The number of ether oxygens (including phenoxy) is 2. The number of sulfonamides is 1. The molecule has 2 aromatic rings. The van der Waals surface area contributed by atoms with E-state index >= 15 is 0 Å². The van der Waals surface area contributed by atoms with Crippen LogP contribution < -0.4 is 19.5 Å². The van der Waals surface area contributed by atoms with Gasteiger partial charge in [0.1, 0.15) is 0 Å². The highest BCUT2D eigenvalue weighted by atomic mass is 35.5. The van der Waals surface area contributed by atoms with Gasteiger partial charge in [-0.25, -0.2) is 8.42 Å². The highest BCUT2D eigenvalue weighted by Gasteiger charge is 2.13. The number of methoxy groups -OCH3 is 2. The summed E-state index contributed by atoms with van der Waals surface area (Å²) < 4.78 is 35.3. The lowest BCUT2D eigenvalue weighted by molar-refractivity contribution is 0.0951. The summed E-state index contributed by atoms with van der Waals surface area (Å²) in [6, 6.07) is 9.61. The summed E-state index contributed by atoms with van der Waals surface area (Å²) in [4.78, 5) is 12.4. The van der Waals surface area contributed by atoms with Gasteiger partial charge in [0, 0.05) is 12.2 Å². The zero-order valence-corrected chi connectivity index (χ0v) is 16.1. The minimum Gasteiger partial charge on any atom is -0.493 e. The molecule has 0 bridgehead atoms. The van der Waals surface area contributed by atoms with Crippen LogP contribution in [-0.2, 0) is 16.6 Å². The summed E-state index contributed by atoms with van der Waals surface area (Å²) >= 11 is 6.06. The van der Waals surface area contributed by atoms with Gasteiger partial charge >= 0.3 is 0 Å². The Morgan fingerprint density at radius 2 is 1.77 bits per heavy atom. The molecule has 2 N–H and O–H groups in total. The van der Waals surface area contributed by atoms with E-state index in [2.05, 4.69) is 10.0 Å². The third-order valence-electron chi connectivity index (χ3n) is 3.42. The first-order valence-electron chi connectivity index (χ1n) is 7.50. The van der Waals surface area contributed by atoms with E-state index in [9.17, 15) is 13.2 Å². The lowest BCUT2D eigenvalue weighted by atomic mass is 10.1. The first-order valence-corrected chi connectivity index (χ1v) is 9.77. The summed E-state index contributed by atoms with van der Waals surface area (Å²) in [7, 11) is -0.384. The monoisotopic (exact) mass is 398 g/mol. The maximum Gasteiger partial charge on any atom is 0.253 e. The van der Waals surface area contributed by atoms with Crippen molar-refractivity contribution in [3.8, 4) is 11.5 Å². The van der Waals surface area contributed by atoms with Crippen LogP contribution in [0, 0.1) is 0 Å². The number of amides is 1. The topological polar surface area (TPSA) is 93.7 Å². The lowest BCUT2D eigenvalue weighted by Crippen LogP contribution is -2.23. The molecule has 0 aliphatic heterocycles. The van der Waals surface area contributed by atoms with Crippen LogP contribution in [0.4, 0.5) is 5.69 Å². The Labute approximate surface area is 157 Å². The molecular weight excluding hydrogens is 380 g/mol. The van der Waals surface area contributed by atoms with E-state index in [-0.39, 0.29) is 22.8 Å². The van der Waals surface area contributed by atoms with Crippen molar-refractivity contribution in [1.29, 1.82) is 0 Å². The predicted molar refractivity (Wildman–Crippen MR) is 101 cm³/mol. The van der Waals surface area contributed by atoms with Gasteiger partial charge in [-0.1, -0.05) is 17.7 Å². The normalized spacial score (nSPS) is 10.9. The zero-order chi connectivity index (χ0) is 19.3. The van der Waals surface area contributed by atoms with Gasteiger partial charge in [0.25, 0.3) is 5.91 Å². The van der Waals surface area contributed by atoms with Crippen molar-refractivity contribution >= 4 is 33.2 Å². The molecule has 0 aliphatic carbocycles. The van der Waals surface area contributed by atoms with Gasteiger partial charge in [0.15, 0.2) is 11.5 Å². The quantitative estimate of drug-likeness (QED) is 0.747. The van der Waals surface area contributed by atoms with Crippen LogP contribution >= 0.6 is 11.6 Å². The van der Waals surface area contributed by atoms with Crippen LogP contribution in [-0.4, -0.2) is 34.8 Å². The fourth-order valence-corrected chi connectivity index (χ4v) is 3.00. The number of carbonyl (C=O) groups is 1. The smallest absolute Gasteiger partial charge is 0.253 e. The Balaban J connectivity index is 2.14. The van der Waals surface area contributed by atoms with Crippen molar-refractivity contribution in [2.24, 2.45) is 0 Å². The second-order valence-electron chi connectivity index (χ2n) is 5.44. The van der Waals surface area contributed by atoms with Crippen LogP contribution in [0.25, 0.3) is 0 Å². The van der Waals surface area contributed by atoms with Crippen LogP contribution in [0.1, 0.15) is 15.9 Å². The predicted octanol–water partition coefficient (Wildman–Crippen LogP) is 2.66. The Morgan fingerprint density at radius 1 is 1.08 bits per heavy atom. The van der Waals surface area contributed by atoms with E-state index in [1.807, 2.05) is 0 Å². The molecule has 0 saturated carbocycles. The van der Waals surface area contributed by atoms with Gasteiger partial charge < -0.3 is 14.8 Å². The van der Waals surface area contributed by atoms with E-state index in [4.69, 9.17) is 21.1 Å². The molecule has 0 radical (unpaired) electrons. The Morgan fingerprint density at radius 3 is 2.38 bits per heavy atom. The maximum atomic E-state index is 12.4. The summed E-state index contributed by atoms with van der Waals surface area (Å²) in [6.07, 6.45) is 1.03. The Kier molecular flexibility index (Phi) is 6.33. The van der Waals surface area contributed by atoms with Crippen LogP contribution in [0.5, 0.6) is 11.5 Å². The number of rotatable bonds is 7. The van der Waals surface area contributed by atoms with Crippen molar-refractivity contribution < 1.29 is 22.7 Å². The van der Waals surface area contributed by atoms with Crippen molar-refractivity contribution in [1.82, 2.24) is 5.32 Å². The number of hydrogen-bond donors (Lipinski definition) is 2. The van der Waals surface area contributed by atoms with E-state index in [0.29, 0.717) is 11.5 Å². The fourth-order valence-electron chi connectivity index (χ4n) is 2.25. The zero-order valence-electron chi connectivity index (χ0n) is 14.5. The van der Waals surface area contributed by atoms with Crippen molar-refractivity contribution in [2.75, 3.05) is 25.2 Å². The summed E-state index contributed by atoms with van der Waals surface area (Å²) in [5.41, 5.74) is 1.23. The molecule has 0 heterocycles. The van der Waals surface area contributed by atoms with Crippen LogP contribution in [0.15, 0.2) is 36.4 Å². The summed E-state index contributed by atoms with van der Waals surface area (Å²) in [6.45, 7) is 0.235. The van der Waals surface area contributed by atoms with Crippen LogP contribution in [0.3, 0.4) is 0 Å². The van der Waals surface area contributed by atoms with Gasteiger partial charge in [-0.3, -0.25) is 9.52 Å². The lowest BCUT2D eigenvalue weighted by Gasteiger charge is -2.12. The molecule has 1 amide bonds. The van der Waals surface area contributed by atoms with Crippen molar-refractivity contribution in [3.05, 3.63) is 52.5 Å². The molecule has 0 fully saturated rings. The standard InChI is InChI=1S/C17H19ClN2O5S/c1-24-15-7-4-11(8-16(15)25-2)10-19-17(21)13-9-12(5-6-14(13)18)20-26(3,22)23/h4-9,20H,10H2,1-3H3,(H,19,21). The molecule has 2 rings (SSSR count). The van der Waals surface area contributed by atoms with E-state index < -0.39 is 15.9 Å². The molecule has 0 aliphatic rings. The Hall–Kier alpha value is -2.45. The first kappa shape index (κ1) is 19.9. The Bertz CT molecular complexity index is 915. The highest BCUT2D eigenvalue weighted by Crippen LogP contribution is 2.27. The molecule has 0 saturated heterocycles.